The molecule has 0 saturated carbocycles. The summed E-state index contributed by atoms with van der Waals surface area (Å²) in [6.45, 7) is 2.05. The van der Waals surface area contributed by atoms with Crippen LogP contribution < -0.4 is 10.5 Å². The number of nitrogens with zero attached hydrogens (tertiary/aromatic N) is 2. The number of pyridine rings is 1. The monoisotopic (exact) mass is 297 g/mol. The Morgan fingerprint density at radius 2 is 2.05 bits per heavy atom. The Morgan fingerprint density at radius 3 is 2.81 bits per heavy atom. The van der Waals surface area contributed by atoms with E-state index >= 15 is 0 Å². The second kappa shape index (κ2) is 5.54. The van der Waals surface area contributed by atoms with Gasteiger partial charge in [-0.2, -0.15) is 0 Å². The Hall–Kier alpha value is -2.40. The van der Waals surface area contributed by atoms with Crippen LogP contribution in [-0.4, -0.2) is 17.1 Å². The smallest absolute Gasteiger partial charge is 0.133 e. The van der Waals surface area contributed by atoms with Crippen molar-refractivity contribution < 1.29 is 4.74 Å². The second-order valence-electron chi connectivity index (χ2n) is 4.68. The highest BCUT2D eigenvalue weighted by atomic mass is 32.1. The molecule has 2 heterocycles. The Bertz CT molecular complexity index is 783. The van der Waals surface area contributed by atoms with Crippen molar-refractivity contribution in [2.75, 3.05) is 12.8 Å². The average molecular weight is 297 g/mol. The summed E-state index contributed by atoms with van der Waals surface area (Å²) in [5.74, 6) is 1.31. The molecule has 1 aromatic carbocycles. The van der Waals surface area contributed by atoms with Crippen LogP contribution in [0.4, 0.5) is 5.82 Å². The van der Waals surface area contributed by atoms with Gasteiger partial charge in [-0.1, -0.05) is 11.6 Å². The number of methoxy groups -OCH3 is 1. The molecule has 0 aliphatic heterocycles. The van der Waals surface area contributed by atoms with Crippen LogP contribution in [-0.2, 0) is 0 Å². The number of rotatable bonds is 3. The summed E-state index contributed by atoms with van der Waals surface area (Å²) in [7, 11) is 1.67. The van der Waals surface area contributed by atoms with Crippen molar-refractivity contribution in [2.45, 2.75) is 6.92 Å². The van der Waals surface area contributed by atoms with Gasteiger partial charge in [0, 0.05) is 17.1 Å². The first-order chi connectivity index (χ1) is 10.2. The van der Waals surface area contributed by atoms with Gasteiger partial charge in [-0.3, -0.25) is 0 Å². The van der Waals surface area contributed by atoms with E-state index in [1.165, 1.54) is 5.56 Å². The van der Waals surface area contributed by atoms with E-state index in [2.05, 4.69) is 23.0 Å². The van der Waals surface area contributed by atoms with E-state index < -0.39 is 0 Å². The predicted octanol–water partition coefficient (Wildman–Crippen LogP) is 3.77. The standard InChI is InChI=1S/C16H15N3OS/c1-10-5-6-14(20-2)12(8-10)13-9-21-16(19-13)11-4-3-7-18-15(11)17/h3-9H,1-2H3,(H2,17,18). The van der Waals surface area contributed by atoms with Gasteiger partial charge in [0.1, 0.15) is 16.6 Å². The maximum Gasteiger partial charge on any atom is 0.133 e. The third kappa shape index (κ3) is 2.60. The van der Waals surface area contributed by atoms with Crippen molar-refractivity contribution in [3.05, 3.63) is 47.5 Å². The van der Waals surface area contributed by atoms with Crippen LogP contribution in [0.3, 0.4) is 0 Å². The second-order valence-corrected chi connectivity index (χ2v) is 5.54. The molecule has 106 valence electrons. The lowest BCUT2D eigenvalue weighted by molar-refractivity contribution is 0.416. The maximum absolute atomic E-state index is 5.91. The Balaban J connectivity index is 2.07. The lowest BCUT2D eigenvalue weighted by Crippen LogP contribution is -1.93. The zero-order valence-electron chi connectivity index (χ0n) is 11.8. The molecule has 0 saturated heterocycles. The van der Waals surface area contributed by atoms with E-state index in [1.807, 2.05) is 29.6 Å². The molecule has 0 aliphatic rings. The summed E-state index contributed by atoms with van der Waals surface area (Å²) in [5, 5.41) is 2.87. The summed E-state index contributed by atoms with van der Waals surface area (Å²) >= 11 is 1.55. The first kappa shape index (κ1) is 13.6. The molecule has 5 heteroatoms. The van der Waals surface area contributed by atoms with Crippen LogP contribution in [0.1, 0.15) is 5.56 Å². The zero-order chi connectivity index (χ0) is 14.8. The number of aryl methyl sites for hydroxylation is 1. The van der Waals surface area contributed by atoms with Gasteiger partial charge in [0.15, 0.2) is 0 Å². The summed E-state index contributed by atoms with van der Waals surface area (Å²) in [6, 6.07) is 9.85. The molecule has 0 atom stereocenters. The SMILES string of the molecule is COc1ccc(C)cc1-c1csc(-c2cccnc2N)n1. The number of nitrogen functional groups attached to an aromatic ring is 1. The molecular formula is C16H15N3OS. The molecule has 0 aliphatic carbocycles. The van der Waals surface area contributed by atoms with Gasteiger partial charge in [0.2, 0.25) is 0 Å². The number of hydrogen-bond donors (Lipinski definition) is 1. The molecule has 0 amide bonds. The lowest BCUT2D eigenvalue weighted by atomic mass is 10.1. The maximum atomic E-state index is 5.91. The first-order valence-corrected chi connectivity index (χ1v) is 7.38. The van der Waals surface area contributed by atoms with Crippen molar-refractivity contribution in [2.24, 2.45) is 0 Å². The van der Waals surface area contributed by atoms with Crippen molar-refractivity contribution >= 4 is 17.2 Å². The highest BCUT2D eigenvalue weighted by Crippen LogP contribution is 2.35. The summed E-state index contributed by atoms with van der Waals surface area (Å²) in [5.41, 5.74) is 9.82. The number of nitrogens with two attached hydrogens (primary N) is 1. The van der Waals surface area contributed by atoms with E-state index in [-0.39, 0.29) is 0 Å². The minimum absolute atomic E-state index is 0.495. The van der Waals surface area contributed by atoms with Crippen LogP contribution in [0, 0.1) is 6.92 Å². The summed E-state index contributed by atoms with van der Waals surface area (Å²) in [4.78, 5) is 8.78. The number of benzene rings is 1. The average Bonchev–Trinajstić information content (AvgIpc) is 2.97. The Kier molecular flexibility index (Phi) is 3.58. The quantitative estimate of drug-likeness (QED) is 0.799. The van der Waals surface area contributed by atoms with Gasteiger partial charge < -0.3 is 10.5 Å². The summed E-state index contributed by atoms with van der Waals surface area (Å²) in [6.07, 6.45) is 1.68. The third-order valence-corrected chi connectivity index (χ3v) is 4.08. The van der Waals surface area contributed by atoms with Crippen molar-refractivity contribution in [1.82, 2.24) is 9.97 Å². The van der Waals surface area contributed by atoms with Gasteiger partial charge in [-0.25, -0.2) is 9.97 Å². The van der Waals surface area contributed by atoms with Crippen LogP contribution >= 0.6 is 11.3 Å². The lowest BCUT2D eigenvalue weighted by Gasteiger charge is -2.07. The van der Waals surface area contributed by atoms with Gasteiger partial charge in [-0.05, 0) is 31.2 Å². The Labute approximate surface area is 127 Å². The van der Waals surface area contributed by atoms with Gasteiger partial charge in [0.05, 0.1) is 18.4 Å². The predicted molar refractivity (Wildman–Crippen MR) is 86.5 cm³/mol. The molecule has 3 rings (SSSR count). The van der Waals surface area contributed by atoms with E-state index in [0.717, 1.165) is 27.6 Å². The molecule has 21 heavy (non-hydrogen) atoms. The highest BCUT2D eigenvalue weighted by Gasteiger charge is 2.13. The van der Waals surface area contributed by atoms with E-state index in [9.17, 15) is 0 Å². The molecule has 3 aromatic rings. The van der Waals surface area contributed by atoms with Crippen LogP contribution in [0.25, 0.3) is 21.8 Å². The number of aromatic nitrogens is 2. The molecule has 0 bridgehead atoms. The van der Waals surface area contributed by atoms with Crippen molar-refractivity contribution in [1.29, 1.82) is 0 Å². The van der Waals surface area contributed by atoms with Gasteiger partial charge in [-0.15, -0.1) is 11.3 Å². The fraction of sp³-hybridized carbons (Fsp3) is 0.125. The van der Waals surface area contributed by atoms with E-state index in [0.29, 0.717) is 5.82 Å². The summed E-state index contributed by atoms with van der Waals surface area (Å²) < 4.78 is 5.42. The third-order valence-electron chi connectivity index (χ3n) is 3.20. The number of hydrogen-bond acceptors (Lipinski definition) is 5. The number of ether oxygens (including phenoxy) is 1. The van der Waals surface area contributed by atoms with E-state index in [1.54, 1.807) is 24.6 Å². The van der Waals surface area contributed by atoms with Crippen LogP contribution in [0.5, 0.6) is 5.75 Å². The topological polar surface area (TPSA) is 61.0 Å². The molecule has 2 aromatic heterocycles. The van der Waals surface area contributed by atoms with Crippen molar-refractivity contribution in [3.8, 4) is 27.6 Å². The van der Waals surface area contributed by atoms with Crippen LogP contribution in [0.15, 0.2) is 41.9 Å². The minimum Gasteiger partial charge on any atom is -0.496 e. The van der Waals surface area contributed by atoms with E-state index in [4.69, 9.17) is 10.5 Å². The fourth-order valence-corrected chi connectivity index (χ4v) is 3.00. The van der Waals surface area contributed by atoms with Gasteiger partial charge >= 0.3 is 0 Å². The highest BCUT2D eigenvalue weighted by molar-refractivity contribution is 7.13. The number of anilines is 1. The normalized spacial score (nSPS) is 10.6. The largest absolute Gasteiger partial charge is 0.496 e. The van der Waals surface area contributed by atoms with Gasteiger partial charge in [0.25, 0.3) is 0 Å². The molecule has 0 spiro atoms. The molecule has 0 radical (unpaired) electrons. The molecule has 0 unspecified atom stereocenters. The first-order valence-electron chi connectivity index (χ1n) is 6.50. The molecule has 2 N–H and O–H groups in total. The molecule has 0 fully saturated rings. The molecular weight excluding hydrogens is 282 g/mol. The van der Waals surface area contributed by atoms with Crippen LogP contribution in [0.2, 0.25) is 0 Å². The minimum atomic E-state index is 0.495. The zero-order valence-corrected chi connectivity index (χ0v) is 12.6. The fourth-order valence-electron chi connectivity index (χ4n) is 2.14. The Morgan fingerprint density at radius 1 is 1.19 bits per heavy atom. The van der Waals surface area contributed by atoms with Crippen molar-refractivity contribution in [3.63, 3.8) is 0 Å². The molecule has 4 nitrogen and oxygen atoms in total. The number of thiazole rings is 1.